The van der Waals surface area contributed by atoms with Crippen molar-refractivity contribution < 1.29 is 14.3 Å². The Hall–Kier alpha value is -1.46. The fourth-order valence-corrected chi connectivity index (χ4v) is 2.80. The molecule has 1 heterocycles. The normalized spacial score (nSPS) is 17.1. The predicted molar refractivity (Wildman–Crippen MR) is 81.4 cm³/mol. The molecular weight excluding hydrogens is 271 g/mol. The van der Waals surface area contributed by atoms with Gasteiger partial charge in [0.2, 0.25) is 0 Å². The topological polar surface area (TPSA) is 43.8 Å². The van der Waals surface area contributed by atoms with Crippen LogP contribution in [0.5, 0.6) is 0 Å². The quantitative estimate of drug-likeness (QED) is 0.862. The van der Waals surface area contributed by atoms with Crippen LogP contribution >= 0.6 is 0 Å². The maximum Gasteiger partial charge on any atom is 0.161 e. The van der Waals surface area contributed by atoms with Gasteiger partial charge in [0.1, 0.15) is 5.82 Å². The van der Waals surface area contributed by atoms with Gasteiger partial charge < -0.3 is 10.0 Å². The van der Waals surface area contributed by atoms with Gasteiger partial charge in [0.05, 0.1) is 11.3 Å². The van der Waals surface area contributed by atoms with Crippen molar-refractivity contribution in [1.29, 1.82) is 0 Å². The van der Waals surface area contributed by atoms with Gasteiger partial charge in [-0.25, -0.2) is 4.39 Å². The number of benzene rings is 1. The highest BCUT2D eigenvalue weighted by Crippen LogP contribution is 2.26. The molecular formula is C16H23FN2O2. The van der Waals surface area contributed by atoms with Crippen molar-refractivity contribution in [3.8, 4) is 0 Å². The summed E-state index contributed by atoms with van der Waals surface area (Å²) in [6.45, 7) is 8.41. The van der Waals surface area contributed by atoms with Crippen molar-refractivity contribution in [2.45, 2.75) is 26.4 Å². The molecule has 1 saturated heterocycles. The number of hydrogen-bond acceptors (Lipinski definition) is 4. The molecule has 1 aliphatic heterocycles. The van der Waals surface area contributed by atoms with Gasteiger partial charge in [-0.15, -0.1) is 0 Å². The lowest BCUT2D eigenvalue weighted by atomic mass is 10.1. The monoisotopic (exact) mass is 294 g/mol. The van der Waals surface area contributed by atoms with E-state index in [4.69, 9.17) is 0 Å². The van der Waals surface area contributed by atoms with Crippen LogP contribution in [0.3, 0.4) is 0 Å². The van der Waals surface area contributed by atoms with Crippen molar-refractivity contribution in [2.24, 2.45) is 0 Å². The number of Topliss-reactive ketones (excluding diaryl/α,β-unsaturated/α-hetero) is 1. The highest BCUT2D eigenvalue weighted by molar-refractivity contribution is 5.99. The summed E-state index contributed by atoms with van der Waals surface area (Å²) in [7, 11) is 0. The Balaban J connectivity index is 2.11. The van der Waals surface area contributed by atoms with Gasteiger partial charge in [-0.1, -0.05) is 6.07 Å². The maximum absolute atomic E-state index is 14.1. The van der Waals surface area contributed by atoms with Gasteiger partial charge in [0.15, 0.2) is 5.78 Å². The van der Waals surface area contributed by atoms with E-state index in [0.29, 0.717) is 30.9 Å². The SMILES string of the molecule is CC(=O)c1cccc(F)c1N1CCN(CC(C)(C)O)CC1. The Morgan fingerprint density at radius 1 is 1.29 bits per heavy atom. The number of rotatable bonds is 4. The summed E-state index contributed by atoms with van der Waals surface area (Å²) in [5.41, 5.74) is 0.115. The molecule has 0 unspecified atom stereocenters. The van der Waals surface area contributed by atoms with E-state index < -0.39 is 5.60 Å². The van der Waals surface area contributed by atoms with E-state index in [9.17, 15) is 14.3 Å². The van der Waals surface area contributed by atoms with E-state index in [-0.39, 0.29) is 11.6 Å². The van der Waals surface area contributed by atoms with Crippen molar-refractivity contribution >= 4 is 11.5 Å². The second-order valence-corrected chi connectivity index (χ2v) is 6.27. The molecule has 4 nitrogen and oxygen atoms in total. The second kappa shape index (κ2) is 6.12. The molecule has 0 aliphatic carbocycles. The zero-order valence-corrected chi connectivity index (χ0v) is 12.9. The van der Waals surface area contributed by atoms with Gasteiger partial charge >= 0.3 is 0 Å². The van der Waals surface area contributed by atoms with Crippen LogP contribution in [0.15, 0.2) is 18.2 Å². The van der Waals surface area contributed by atoms with Crippen LogP contribution in [0.25, 0.3) is 0 Å². The minimum atomic E-state index is -0.731. The fraction of sp³-hybridized carbons (Fsp3) is 0.562. The highest BCUT2D eigenvalue weighted by atomic mass is 19.1. The van der Waals surface area contributed by atoms with Crippen molar-refractivity contribution in [3.05, 3.63) is 29.6 Å². The van der Waals surface area contributed by atoms with E-state index in [2.05, 4.69) is 4.90 Å². The first kappa shape index (κ1) is 15.9. The Morgan fingerprint density at radius 3 is 2.43 bits per heavy atom. The molecule has 1 aliphatic rings. The molecule has 21 heavy (non-hydrogen) atoms. The van der Waals surface area contributed by atoms with Crippen LogP contribution in [0.2, 0.25) is 0 Å². The molecule has 1 N–H and O–H groups in total. The number of carbonyl (C=O) groups excluding carboxylic acids is 1. The summed E-state index contributed by atoms with van der Waals surface area (Å²) in [5.74, 6) is -0.470. The summed E-state index contributed by atoms with van der Waals surface area (Å²) >= 11 is 0. The number of para-hydroxylation sites is 1. The zero-order chi connectivity index (χ0) is 15.6. The second-order valence-electron chi connectivity index (χ2n) is 6.27. The summed E-state index contributed by atoms with van der Waals surface area (Å²) in [6.07, 6.45) is 0. The molecule has 0 saturated carbocycles. The number of anilines is 1. The lowest BCUT2D eigenvalue weighted by Gasteiger charge is -2.38. The number of hydrogen-bond donors (Lipinski definition) is 1. The van der Waals surface area contributed by atoms with Crippen LogP contribution in [0.4, 0.5) is 10.1 Å². The Morgan fingerprint density at radius 2 is 1.90 bits per heavy atom. The van der Waals surface area contributed by atoms with E-state index >= 15 is 0 Å². The lowest BCUT2D eigenvalue weighted by molar-refractivity contribution is 0.0344. The number of aliphatic hydroxyl groups is 1. The van der Waals surface area contributed by atoms with Crippen LogP contribution in [0.1, 0.15) is 31.1 Å². The first-order chi connectivity index (χ1) is 9.78. The van der Waals surface area contributed by atoms with E-state index in [0.717, 1.165) is 13.1 Å². The number of halogens is 1. The van der Waals surface area contributed by atoms with E-state index in [1.54, 1.807) is 26.0 Å². The molecule has 1 fully saturated rings. The number of piperazine rings is 1. The first-order valence-corrected chi connectivity index (χ1v) is 7.27. The van der Waals surface area contributed by atoms with Crippen LogP contribution in [0, 0.1) is 5.82 Å². The van der Waals surface area contributed by atoms with Crippen LogP contribution in [-0.2, 0) is 0 Å². The average molecular weight is 294 g/mol. The molecule has 0 spiro atoms. The van der Waals surface area contributed by atoms with Crippen molar-refractivity contribution in [3.63, 3.8) is 0 Å². The van der Waals surface area contributed by atoms with Crippen LogP contribution < -0.4 is 4.90 Å². The fourth-order valence-electron chi connectivity index (χ4n) is 2.80. The summed E-state index contributed by atoms with van der Waals surface area (Å²) < 4.78 is 14.1. The van der Waals surface area contributed by atoms with Crippen molar-refractivity contribution in [2.75, 3.05) is 37.6 Å². The zero-order valence-electron chi connectivity index (χ0n) is 12.9. The molecule has 0 bridgehead atoms. The first-order valence-electron chi connectivity index (χ1n) is 7.27. The maximum atomic E-state index is 14.1. The van der Waals surface area contributed by atoms with E-state index in [1.165, 1.54) is 13.0 Å². The molecule has 0 radical (unpaired) electrons. The Bertz CT molecular complexity index is 517. The largest absolute Gasteiger partial charge is 0.389 e. The minimum absolute atomic E-state index is 0.122. The Kier molecular flexibility index (Phi) is 4.64. The van der Waals surface area contributed by atoms with Crippen molar-refractivity contribution in [1.82, 2.24) is 4.90 Å². The third kappa shape index (κ3) is 4.02. The van der Waals surface area contributed by atoms with Gasteiger partial charge in [-0.05, 0) is 32.9 Å². The van der Waals surface area contributed by atoms with Crippen LogP contribution in [-0.4, -0.2) is 54.1 Å². The Labute approximate surface area is 125 Å². The molecule has 0 amide bonds. The predicted octanol–water partition coefficient (Wildman–Crippen LogP) is 1.92. The van der Waals surface area contributed by atoms with Gasteiger partial charge in [0.25, 0.3) is 0 Å². The smallest absolute Gasteiger partial charge is 0.161 e. The molecule has 116 valence electrons. The van der Waals surface area contributed by atoms with Gasteiger partial charge in [-0.3, -0.25) is 9.69 Å². The average Bonchev–Trinajstić information content (AvgIpc) is 2.37. The number of β-amino-alcohol motifs (C(OH)–C–C–N with tert-alkyl or cyclic N) is 1. The molecule has 1 aromatic carbocycles. The molecule has 0 atom stereocenters. The molecule has 0 aromatic heterocycles. The third-order valence-electron chi connectivity index (χ3n) is 3.67. The summed E-state index contributed by atoms with van der Waals surface area (Å²) in [6, 6.07) is 4.63. The van der Waals surface area contributed by atoms with Gasteiger partial charge in [0, 0.05) is 38.3 Å². The molecule has 1 aromatic rings. The molecule has 5 heteroatoms. The highest BCUT2D eigenvalue weighted by Gasteiger charge is 2.25. The van der Waals surface area contributed by atoms with Gasteiger partial charge in [-0.2, -0.15) is 0 Å². The van der Waals surface area contributed by atoms with E-state index in [1.807, 2.05) is 4.90 Å². The standard InChI is InChI=1S/C16H23FN2O2/c1-12(20)13-5-4-6-14(17)15(13)19-9-7-18(8-10-19)11-16(2,3)21/h4-6,21H,7-11H2,1-3H3. The third-order valence-corrected chi connectivity index (χ3v) is 3.67. The summed E-state index contributed by atoms with van der Waals surface area (Å²) in [5, 5.41) is 9.85. The number of carbonyl (C=O) groups is 1. The minimum Gasteiger partial charge on any atom is -0.389 e. The summed E-state index contributed by atoms with van der Waals surface area (Å²) in [4.78, 5) is 15.8. The number of ketones is 1. The molecule has 2 rings (SSSR count). The lowest BCUT2D eigenvalue weighted by Crippen LogP contribution is -2.51. The number of nitrogens with zero attached hydrogens (tertiary/aromatic N) is 2.